The van der Waals surface area contributed by atoms with Crippen LogP contribution in [-0.2, 0) is 4.79 Å². The lowest BCUT2D eigenvalue weighted by Crippen LogP contribution is -2.43. The van der Waals surface area contributed by atoms with Gasteiger partial charge in [-0.1, -0.05) is 50.2 Å². The van der Waals surface area contributed by atoms with Crippen LogP contribution in [-0.4, -0.2) is 22.4 Å². The molecule has 3 aliphatic rings. The van der Waals surface area contributed by atoms with E-state index in [0.29, 0.717) is 23.3 Å². The van der Waals surface area contributed by atoms with E-state index in [0.717, 1.165) is 23.3 Å². The quantitative estimate of drug-likeness (QED) is 0.800. The highest BCUT2D eigenvalue weighted by Crippen LogP contribution is 2.52. The lowest BCUT2D eigenvalue weighted by atomic mass is 9.63. The van der Waals surface area contributed by atoms with Gasteiger partial charge in [-0.2, -0.15) is 0 Å². The van der Waals surface area contributed by atoms with Crippen LogP contribution >= 0.6 is 0 Å². The Hall–Kier alpha value is -3.01. The van der Waals surface area contributed by atoms with Gasteiger partial charge in [0.25, 0.3) is 0 Å². The average molecular weight is 371 g/mol. The molecule has 0 amide bonds. The summed E-state index contributed by atoms with van der Waals surface area (Å²) in [6.45, 7) is 4.18. The summed E-state index contributed by atoms with van der Waals surface area (Å²) in [5.41, 5.74) is 4.29. The van der Waals surface area contributed by atoms with Crippen molar-refractivity contribution in [2.24, 2.45) is 16.3 Å². The summed E-state index contributed by atoms with van der Waals surface area (Å²) in [5.74, 6) is -0.641. The van der Waals surface area contributed by atoms with Gasteiger partial charge in [-0.15, -0.1) is 0 Å². The van der Waals surface area contributed by atoms with Crippen molar-refractivity contribution in [3.63, 3.8) is 0 Å². The van der Waals surface area contributed by atoms with Gasteiger partial charge in [0, 0.05) is 34.8 Å². The third-order valence-corrected chi connectivity index (χ3v) is 6.07. The molecular formula is C24H21NO3. The maximum absolute atomic E-state index is 13.3. The summed E-state index contributed by atoms with van der Waals surface area (Å²) < 4.78 is 0. The van der Waals surface area contributed by atoms with Gasteiger partial charge in [-0.05, 0) is 29.5 Å². The lowest BCUT2D eigenvalue weighted by molar-refractivity contribution is -0.124. The monoisotopic (exact) mass is 371 g/mol. The molecule has 0 bridgehead atoms. The van der Waals surface area contributed by atoms with Crippen molar-refractivity contribution < 1.29 is 14.7 Å². The maximum Gasteiger partial charge on any atom is 0.192 e. The largest absolute Gasteiger partial charge is 0.508 e. The standard InChI is InChI=1S/C24H21NO3/c1-24(2)11-17-20(18(27)12-24)19(13-6-5-7-14(26)10-13)21-22(25-17)15-8-3-4-9-16(15)23(21)28/h3-10,19-20,26H,11-12H2,1-2H3/t19-,20?/m0/s1. The highest BCUT2D eigenvalue weighted by molar-refractivity contribution is 6.25. The van der Waals surface area contributed by atoms with E-state index in [4.69, 9.17) is 4.99 Å². The van der Waals surface area contributed by atoms with Gasteiger partial charge in [0.15, 0.2) is 5.78 Å². The minimum absolute atomic E-state index is 0.0561. The lowest BCUT2D eigenvalue weighted by Gasteiger charge is -2.40. The number of Topliss-reactive ketones (excluding diaryl/α,β-unsaturated/α-hetero) is 2. The predicted octanol–water partition coefficient (Wildman–Crippen LogP) is 4.54. The molecule has 28 heavy (non-hydrogen) atoms. The third-order valence-electron chi connectivity index (χ3n) is 6.07. The molecule has 4 nitrogen and oxygen atoms in total. The number of phenolic OH excluding ortho intramolecular Hbond substituents is 1. The molecule has 1 fully saturated rings. The summed E-state index contributed by atoms with van der Waals surface area (Å²) in [6, 6.07) is 14.4. The smallest absolute Gasteiger partial charge is 0.192 e. The van der Waals surface area contributed by atoms with Crippen LogP contribution in [0.3, 0.4) is 0 Å². The molecule has 2 aromatic carbocycles. The van der Waals surface area contributed by atoms with Crippen LogP contribution in [0.2, 0.25) is 0 Å². The zero-order valence-electron chi connectivity index (χ0n) is 15.9. The number of aliphatic imine (C=N–C) groups is 1. The molecule has 2 aromatic rings. The number of nitrogens with zero attached hydrogens (tertiary/aromatic N) is 1. The summed E-state index contributed by atoms with van der Waals surface area (Å²) in [4.78, 5) is 31.4. The molecule has 5 rings (SSSR count). The second kappa shape index (κ2) is 5.74. The summed E-state index contributed by atoms with van der Waals surface area (Å²) >= 11 is 0. The number of allylic oxidation sites excluding steroid dienone is 1. The fourth-order valence-corrected chi connectivity index (χ4v) is 5.00. The highest BCUT2D eigenvalue weighted by atomic mass is 16.3. The number of fused-ring (bicyclic) bond motifs is 3. The van der Waals surface area contributed by atoms with Gasteiger partial charge >= 0.3 is 0 Å². The van der Waals surface area contributed by atoms with Crippen LogP contribution in [0.4, 0.5) is 0 Å². The van der Waals surface area contributed by atoms with E-state index in [9.17, 15) is 14.7 Å². The number of ketones is 2. The van der Waals surface area contributed by atoms with Crippen molar-refractivity contribution in [1.82, 2.24) is 0 Å². The van der Waals surface area contributed by atoms with E-state index in [1.807, 2.05) is 30.3 Å². The Bertz CT molecular complexity index is 1110. The first-order valence-electron chi connectivity index (χ1n) is 9.63. The number of phenols is 1. The molecule has 1 unspecified atom stereocenters. The SMILES string of the molecule is CC1(C)CC(=O)C2C(=NC3=C(C(=O)c4ccccc43)[C@H]2c2cccc(O)c2)C1. The number of hydrogen-bond acceptors (Lipinski definition) is 4. The highest BCUT2D eigenvalue weighted by Gasteiger charge is 2.50. The number of benzene rings is 2. The Labute approximate surface area is 163 Å². The first kappa shape index (κ1) is 17.1. The van der Waals surface area contributed by atoms with Gasteiger partial charge in [-0.3, -0.25) is 14.6 Å². The Kier molecular flexibility index (Phi) is 3.51. The Morgan fingerprint density at radius 1 is 0.964 bits per heavy atom. The molecule has 1 aliphatic heterocycles. The van der Waals surface area contributed by atoms with Gasteiger partial charge < -0.3 is 5.11 Å². The fraction of sp³-hybridized carbons (Fsp3) is 0.292. The summed E-state index contributed by atoms with van der Waals surface area (Å²) in [5, 5.41) is 10.1. The second-order valence-corrected chi connectivity index (χ2v) is 8.77. The van der Waals surface area contributed by atoms with Crippen LogP contribution in [0, 0.1) is 11.3 Å². The fourth-order valence-electron chi connectivity index (χ4n) is 5.00. The van der Waals surface area contributed by atoms with E-state index >= 15 is 0 Å². The molecule has 1 N–H and O–H groups in total. The zero-order valence-corrected chi connectivity index (χ0v) is 15.9. The maximum atomic E-state index is 13.3. The molecule has 140 valence electrons. The van der Waals surface area contributed by atoms with Crippen molar-refractivity contribution in [1.29, 1.82) is 0 Å². The molecule has 1 saturated carbocycles. The third kappa shape index (κ3) is 2.40. The average Bonchev–Trinajstić information content (AvgIpc) is 2.92. The van der Waals surface area contributed by atoms with Crippen LogP contribution in [0.25, 0.3) is 5.70 Å². The second-order valence-electron chi connectivity index (χ2n) is 8.77. The van der Waals surface area contributed by atoms with Gasteiger partial charge in [0.2, 0.25) is 0 Å². The summed E-state index contributed by atoms with van der Waals surface area (Å²) in [6.07, 6.45) is 1.20. The molecule has 0 spiro atoms. The molecular weight excluding hydrogens is 350 g/mol. The van der Waals surface area contributed by atoms with Crippen LogP contribution in [0.5, 0.6) is 5.75 Å². The minimum atomic E-state index is -0.438. The number of rotatable bonds is 1. The van der Waals surface area contributed by atoms with E-state index in [2.05, 4.69) is 13.8 Å². The van der Waals surface area contributed by atoms with Crippen molar-refractivity contribution in [2.45, 2.75) is 32.6 Å². The molecule has 0 saturated heterocycles. The number of hydrogen-bond donors (Lipinski definition) is 1. The van der Waals surface area contributed by atoms with Gasteiger partial charge in [0.05, 0.1) is 11.6 Å². The number of aromatic hydroxyl groups is 1. The van der Waals surface area contributed by atoms with Gasteiger partial charge in [-0.25, -0.2) is 0 Å². The molecule has 2 atom stereocenters. The first-order valence-corrected chi connectivity index (χ1v) is 9.63. The van der Waals surface area contributed by atoms with Crippen molar-refractivity contribution in [3.05, 3.63) is 70.8 Å². The van der Waals surface area contributed by atoms with E-state index < -0.39 is 11.8 Å². The van der Waals surface area contributed by atoms with Crippen molar-refractivity contribution in [2.75, 3.05) is 0 Å². The topological polar surface area (TPSA) is 66.7 Å². The molecule has 0 radical (unpaired) electrons. The number of carbonyl (C=O) groups is 2. The Morgan fingerprint density at radius 3 is 2.46 bits per heavy atom. The first-order chi connectivity index (χ1) is 13.4. The van der Waals surface area contributed by atoms with Crippen molar-refractivity contribution >= 4 is 23.0 Å². The molecule has 4 heteroatoms. The van der Waals surface area contributed by atoms with E-state index in [1.54, 1.807) is 18.2 Å². The van der Waals surface area contributed by atoms with Gasteiger partial charge in [0.1, 0.15) is 11.5 Å². The Morgan fingerprint density at radius 2 is 1.71 bits per heavy atom. The molecule has 2 aliphatic carbocycles. The van der Waals surface area contributed by atoms with Crippen LogP contribution in [0.1, 0.15) is 54.1 Å². The minimum Gasteiger partial charge on any atom is -0.508 e. The van der Waals surface area contributed by atoms with Crippen molar-refractivity contribution in [3.8, 4) is 5.75 Å². The normalized spacial score (nSPS) is 25.1. The molecule has 1 heterocycles. The Balaban J connectivity index is 1.77. The van der Waals surface area contributed by atoms with E-state index in [1.165, 1.54) is 0 Å². The number of carbonyl (C=O) groups excluding carboxylic acids is 2. The van der Waals surface area contributed by atoms with Crippen LogP contribution < -0.4 is 0 Å². The van der Waals surface area contributed by atoms with E-state index in [-0.39, 0.29) is 22.7 Å². The van der Waals surface area contributed by atoms with Crippen LogP contribution in [0.15, 0.2) is 59.1 Å². The summed E-state index contributed by atoms with van der Waals surface area (Å²) in [7, 11) is 0. The molecule has 0 aromatic heterocycles. The predicted molar refractivity (Wildman–Crippen MR) is 107 cm³/mol. The zero-order chi connectivity index (χ0) is 19.6.